The molecule has 3 aromatic carbocycles. The van der Waals surface area contributed by atoms with Crippen LogP contribution in [0.25, 0.3) is 22.3 Å². The quantitative estimate of drug-likeness (QED) is 0.557. The second-order valence-corrected chi connectivity index (χ2v) is 4.87. The average Bonchev–Trinajstić information content (AvgIpc) is 2.55. The third kappa shape index (κ3) is 2.75. The van der Waals surface area contributed by atoms with Crippen LogP contribution in [0.1, 0.15) is 5.56 Å². The molecule has 0 fully saturated rings. The maximum atomic E-state index is 13.4. The van der Waals surface area contributed by atoms with E-state index in [2.05, 4.69) is 6.07 Å². The fraction of sp³-hybridized carbons (Fsp3) is 0.0526. The van der Waals surface area contributed by atoms with Gasteiger partial charge in [-0.3, -0.25) is 0 Å². The molecule has 0 heterocycles. The number of hydrogen-bond acceptors (Lipinski definition) is 0. The molecule has 0 unspecified atom stereocenters. The molecule has 1 radical (unpaired) electrons. The summed E-state index contributed by atoms with van der Waals surface area (Å²) in [6.07, 6.45) is -4.41. The van der Waals surface area contributed by atoms with E-state index in [1.807, 2.05) is 6.07 Å². The molecular weight excluding hydrogens is 285 g/mol. The summed E-state index contributed by atoms with van der Waals surface area (Å²) >= 11 is 0. The van der Waals surface area contributed by atoms with Gasteiger partial charge in [-0.2, -0.15) is 13.2 Å². The van der Waals surface area contributed by atoms with Crippen molar-refractivity contribution < 1.29 is 13.2 Å². The number of rotatable bonds is 2. The molecule has 3 aromatic rings. The Hall–Kier alpha value is -2.55. The molecule has 0 N–H and O–H groups in total. The van der Waals surface area contributed by atoms with Crippen LogP contribution in [-0.4, -0.2) is 0 Å². The number of alkyl halides is 3. The predicted octanol–water partition coefficient (Wildman–Crippen LogP) is 5.84. The molecule has 0 aliphatic heterocycles. The summed E-state index contributed by atoms with van der Waals surface area (Å²) in [5.74, 6) is 0. The van der Waals surface area contributed by atoms with Crippen LogP contribution in [0.3, 0.4) is 0 Å². The first-order valence-electron chi connectivity index (χ1n) is 6.80. The van der Waals surface area contributed by atoms with Gasteiger partial charge in [-0.25, -0.2) is 0 Å². The summed E-state index contributed by atoms with van der Waals surface area (Å²) in [4.78, 5) is 0. The molecule has 0 saturated carbocycles. The van der Waals surface area contributed by atoms with Crippen LogP contribution in [0.4, 0.5) is 13.2 Å². The Bertz CT molecular complexity index is 760. The van der Waals surface area contributed by atoms with E-state index in [0.29, 0.717) is 16.7 Å². The summed E-state index contributed by atoms with van der Waals surface area (Å²) in [6, 6.07) is 23.0. The number of halogens is 3. The second kappa shape index (κ2) is 5.68. The lowest BCUT2D eigenvalue weighted by molar-refractivity contribution is -0.137. The van der Waals surface area contributed by atoms with Crippen LogP contribution in [0.5, 0.6) is 0 Å². The molecule has 0 saturated heterocycles. The highest BCUT2D eigenvalue weighted by Gasteiger charge is 2.34. The fourth-order valence-corrected chi connectivity index (χ4v) is 2.47. The van der Waals surface area contributed by atoms with Crippen LogP contribution in [0.2, 0.25) is 0 Å². The maximum Gasteiger partial charge on any atom is 0.417 e. The lowest BCUT2D eigenvalue weighted by Crippen LogP contribution is -2.08. The Kier molecular flexibility index (Phi) is 3.72. The van der Waals surface area contributed by atoms with Crippen LogP contribution in [0.15, 0.2) is 72.8 Å². The molecule has 0 atom stereocenters. The minimum absolute atomic E-state index is 0.168. The Morgan fingerprint density at radius 2 is 1.23 bits per heavy atom. The van der Waals surface area contributed by atoms with Crippen LogP contribution in [-0.2, 0) is 6.18 Å². The van der Waals surface area contributed by atoms with Crippen molar-refractivity contribution in [1.82, 2.24) is 0 Å². The lowest BCUT2D eigenvalue weighted by Gasteiger charge is -2.17. The van der Waals surface area contributed by atoms with Gasteiger partial charge in [0.05, 0.1) is 5.56 Å². The minimum atomic E-state index is -4.41. The smallest absolute Gasteiger partial charge is 0.166 e. The molecule has 109 valence electrons. The summed E-state index contributed by atoms with van der Waals surface area (Å²) < 4.78 is 40.2. The second-order valence-electron chi connectivity index (χ2n) is 4.87. The van der Waals surface area contributed by atoms with E-state index in [4.69, 9.17) is 0 Å². The number of benzene rings is 3. The molecule has 3 heteroatoms. The van der Waals surface area contributed by atoms with Crippen LogP contribution in [0, 0.1) is 6.07 Å². The van der Waals surface area contributed by atoms with Crippen LogP contribution < -0.4 is 0 Å². The Morgan fingerprint density at radius 3 is 1.77 bits per heavy atom. The highest BCUT2D eigenvalue weighted by Crippen LogP contribution is 2.42. The molecular formula is C19H12F3. The van der Waals surface area contributed by atoms with E-state index in [-0.39, 0.29) is 5.56 Å². The van der Waals surface area contributed by atoms with E-state index < -0.39 is 11.7 Å². The predicted molar refractivity (Wildman–Crippen MR) is 81.2 cm³/mol. The third-order valence-electron chi connectivity index (χ3n) is 3.43. The summed E-state index contributed by atoms with van der Waals surface area (Å²) in [7, 11) is 0. The minimum Gasteiger partial charge on any atom is -0.166 e. The van der Waals surface area contributed by atoms with Gasteiger partial charge in [-0.05, 0) is 28.8 Å². The van der Waals surface area contributed by atoms with Crippen molar-refractivity contribution >= 4 is 0 Å². The molecule has 0 bridgehead atoms. The Morgan fingerprint density at radius 1 is 0.682 bits per heavy atom. The largest absolute Gasteiger partial charge is 0.417 e. The summed E-state index contributed by atoms with van der Waals surface area (Å²) in [5, 5.41) is 0. The molecule has 0 nitrogen and oxygen atoms in total. The van der Waals surface area contributed by atoms with Gasteiger partial charge in [-0.1, -0.05) is 66.7 Å². The van der Waals surface area contributed by atoms with E-state index in [0.717, 1.165) is 6.07 Å². The monoisotopic (exact) mass is 297 g/mol. The van der Waals surface area contributed by atoms with E-state index in [9.17, 15) is 13.2 Å². The average molecular weight is 297 g/mol. The molecule has 0 aromatic heterocycles. The zero-order valence-electron chi connectivity index (χ0n) is 11.6. The van der Waals surface area contributed by atoms with Crippen molar-refractivity contribution in [2.24, 2.45) is 0 Å². The van der Waals surface area contributed by atoms with Gasteiger partial charge in [0.25, 0.3) is 0 Å². The first kappa shape index (κ1) is 14.4. The highest BCUT2D eigenvalue weighted by molar-refractivity contribution is 5.85. The van der Waals surface area contributed by atoms with Crippen molar-refractivity contribution in [3.63, 3.8) is 0 Å². The molecule has 0 aliphatic carbocycles. The van der Waals surface area contributed by atoms with Crippen molar-refractivity contribution in [1.29, 1.82) is 0 Å². The van der Waals surface area contributed by atoms with Gasteiger partial charge in [0, 0.05) is 5.56 Å². The topological polar surface area (TPSA) is 0 Å². The first-order chi connectivity index (χ1) is 10.6. The Balaban J connectivity index is 2.32. The van der Waals surface area contributed by atoms with Gasteiger partial charge in [0.2, 0.25) is 0 Å². The van der Waals surface area contributed by atoms with Gasteiger partial charge in [0.1, 0.15) is 0 Å². The summed E-state index contributed by atoms with van der Waals surface area (Å²) in [5.41, 5.74) is 1.23. The van der Waals surface area contributed by atoms with Crippen molar-refractivity contribution in [2.45, 2.75) is 6.18 Å². The summed E-state index contributed by atoms with van der Waals surface area (Å²) in [6.45, 7) is 0. The van der Waals surface area contributed by atoms with Gasteiger partial charge in [-0.15, -0.1) is 0 Å². The van der Waals surface area contributed by atoms with Crippen LogP contribution >= 0.6 is 0 Å². The fourth-order valence-electron chi connectivity index (χ4n) is 2.47. The number of hydrogen-bond donors (Lipinski definition) is 0. The standard InChI is InChI=1S/C19H12F3/c20-19(21,22)17-13-7-12-16(14-8-3-1-4-9-14)18(17)15-10-5-2-6-11-15/h1-11,13H. The lowest BCUT2D eigenvalue weighted by atomic mass is 9.90. The molecule has 0 spiro atoms. The highest BCUT2D eigenvalue weighted by atomic mass is 19.4. The van der Waals surface area contributed by atoms with Gasteiger partial charge < -0.3 is 0 Å². The molecule has 3 rings (SSSR count). The van der Waals surface area contributed by atoms with Gasteiger partial charge in [0.15, 0.2) is 0 Å². The van der Waals surface area contributed by atoms with Crippen molar-refractivity contribution in [2.75, 3.05) is 0 Å². The van der Waals surface area contributed by atoms with Gasteiger partial charge >= 0.3 is 6.18 Å². The SMILES string of the molecule is FC(F)(F)c1cc[c]c(-c2ccccc2)c1-c1ccccc1. The molecule has 22 heavy (non-hydrogen) atoms. The normalized spacial score (nSPS) is 11.4. The first-order valence-corrected chi connectivity index (χ1v) is 6.80. The maximum absolute atomic E-state index is 13.4. The zero-order chi connectivity index (χ0) is 15.6. The van der Waals surface area contributed by atoms with Crippen molar-refractivity contribution in [3.8, 4) is 22.3 Å². The van der Waals surface area contributed by atoms with E-state index in [1.165, 1.54) is 6.07 Å². The molecule has 0 aliphatic rings. The third-order valence-corrected chi connectivity index (χ3v) is 3.43. The van der Waals surface area contributed by atoms with Crippen molar-refractivity contribution in [3.05, 3.63) is 84.4 Å². The molecule has 0 amide bonds. The Labute approximate surface area is 126 Å². The zero-order valence-corrected chi connectivity index (χ0v) is 11.6. The van der Waals surface area contributed by atoms with E-state index in [1.54, 1.807) is 54.6 Å². The van der Waals surface area contributed by atoms with E-state index >= 15 is 0 Å².